The highest BCUT2D eigenvalue weighted by Crippen LogP contribution is 2.35. The van der Waals surface area contributed by atoms with Crippen LogP contribution in [0.2, 0.25) is 5.02 Å². The van der Waals surface area contributed by atoms with E-state index in [4.69, 9.17) is 17.3 Å². The van der Waals surface area contributed by atoms with E-state index in [9.17, 15) is 0 Å². The van der Waals surface area contributed by atoms with E-state index in [0.29, 0.717) is 0 Å². The van der Waals surface area contributed by atoms with Crippen LogP contribution in [0, 0.1) is 5.92 Å². The molecule has 2 nitrogen and oxygen atoms in total. The van der Waals surface area contributed by atoms with Gasteiger partial charge in [0.25, 0.3) is 0 Å². The molecule has 116 valence electrons. The van der Waals surface area contributed by atoms with Crippen molar-refractivity contribution in [2.75, 3.05) is 13.1 Å². The number of hydrogen-bond donors (Lipinski definition) is 1. The molecule has 0 spiro atoms. The van der Waals surface area contributed by atoms with Crippen LogP contribution >= 0.6 is 11.6 Å². The second kappa shape index (κ2) is 7.13. The Bertz CT molecular complexity index is 439. The lowest BCUT2D eigenvalue weighted by atomic mass is 9.95. The molecule has 3 rings (SSSR count). The Morgan fingerprint density at radius 3 is 2.52 bits per heavy atom. The number of nitrogens with zero attached hydrogens (tertiary/aromatic N) is 1. The molecule has 1 aliphatic heterocycles. The number of nitrogens with two attached hydrogens (primary N) is 1. The third-order valence-corrected chi connectivity index (χ3v) is 5.64. The van der Waals surface area contributed by atoms with Crippen LogP contribution in [-0.4, -0.2) is 24.0 Å². The van der Waals surface area contributed by atoms with Crippen molar-refractivity contribution in [3.8, 4) is 0 Å². The fourth-order valence-electron chi connectivity index (χ4n) is 4.19. The number of halogens is 1. The zero-order valence-electron chi connectivity index (χ0n) is 12.8. The molecule has 2 aliphatic rings. The molecule has 2 atom stereocenters. The standard InChI is InChI=1S/C18H27ClN2/c19-16-9-7-14(8-10-16)17(20)11-13-21-12-3-6-18(21)15-4-1-2-5-15/h7-10,15,17-18H,1-6,11-13,20H2. The quantitative estimate of drug-likeness (QED) is 0.874. The van der Waals surface area contributed by atoms with E-state index in [0.717, 1.165) is 29.9 Å². The molecule has 2 unspecified atom stereocenters. The van der Waals surface area contributed by atoms with Gasteiger partial charge in [-0.2, -0.15) is 0 Å². The Hall–Kier alpha value is -0.570. The lowest BCUT2D eigenvalue weighted by Crippen LogP contribution is -2.36. The molecule has 0 bridgehead atoms. The van der Waals surface area contributed by atoms with Crippen molar-refractivity contribution in [2.24, 2.45) is 11.7 Å². The van der Waals surface area contributed by atoms with Crippen LogP contribution in [0.1, 0.15) is 56.6 Å². The molecule has 1 heterocycles. The molecule has 1 aromatic rings. The molecule has 3 heteroatoms. The smallest absolute Gasteiger partial charge is 0.0406 e. The zero-order chi connectivity index (χ0) is 14.7. The van der Waals surface area contributed by atoms with Crippen molar-refractivity contribution >= 4 is 11.6 Å². The molecule has 21 heavy (non-hydrogen) atoms. The van der Waals surface area contributed by atoms with Gasteiger partial charge in [0.05, 0.1) is 0 Å². The van der Waals surface area contributed by atoms with Crippen molar-refractivity contribution in [1.29, 1.82) is 0 Å². The lowest BCUT2D eigenvalue weighted by Gasteiger charge is -2.30. The average Bonchev–Trinajstić information content (AvgIpc) is 3.16. The van der Waals surface area contributed by atoms with Crippen molar-refractivity contribution in [3.05, 3.63) is 34.9 Å². The summed E-state index contributed by atoms with van der Waals surface area (Å²) in [6, 6.07) is 8.97. The molecule has 0 aromatic heterocycles. The van der Waals surface area contributed by atoms with E-state index in [-0.39, 0.29) is 6.04 Å². The first-order valence-electron chi connectivity index (χ1n) is 8.49. The molecular weight excluding hydrogens is 280 g/mol. The minimum absolute atomic E-state index is 0.132. The van der Waals surface area contributed by atoms with Gasteiger partial charge in [-0.05, 0) is 62.3 Å². The maximum absolute atomic E-state index is 6.35. The third kappa shape index (κ3) is 3.80. The summed E-state index contributed by atoms with van der Waals surface area (Å²) in [7, 11) is 0. The Morgan fingerprint density at radius 1 is 1.10 bits per heavy atom. The van der Waals surface area contributed by atoms with E-state index >= 15 is 0 Å². The summed E-state index contributed by atoms with van der Waals surface area (Å²) < 4.78 is 0. The summed E-state index contributed by atoms with van der Waals surface area (Å²) >= 11 is 5.94. The first-order valence-corrected chi connectivity index (χ1v) is 8.87. The van der Waals surface area contributed by atoms with Gasteiger partial charge in [-0.1, -0.05) is 36.6 Å². The van der Waals surface area contributed by atoms with Gasteiger partial charge < -0.3 is 10.6 Å². The lowest BCUT2D eigenvalue weighted by molar-refractivity contribution is 0.185. The van der Waals surface area contributed by atoms with Gasteiger partial charge in [-0.25, -0.2) is 0 Å². The molecule has 0 radical (unpaired) electrons. The van der Waals surface area contributed by atoms with E-state index in [1.807, 2.05) is 12.1 Å². The Kier molecular flexibility index (Phi) is 5.20. The summed E-state index contributed by atoms with van der Waals surface area (Å²) in [5.41, 5.74) is 7.56. The number of rotatable bonds is 5. The Labute approximate surface area is 133 Å². The molecule has 1 aliphatic carbocycles. The molecule has 1 saturated carbocycles. The molecule has 1 aromatic carbocycles. The third-order valence-electron chi connectivity index (χ3n) is 5.38. The molecule has 0 amide bonds. The van der Waals surface area contributed by atoms with Crippen LogP contribution in [0.3, 0.4) is 0 Å². The second-order valence-electron chi connectivity index (χ2n) is 6.74. The highest BCUT2D eigenvalue weighted by Gasteiger charge is 2.32. The van der Waals surface area contributed by atoms with Gasteiger partial charge in [0, 0.05) is 23.7 Å². The first kappa shape index (κ1) is 15.3. The Balaban J connectivity index is 1.52. The maximum atomic E-state index is 6.35. The van der Waals surface area contributed by atoms with Gasteiger partial charge >= 0.3 is 0 Å². The van der Waals surface area contributed by atoms with Crippen molar-refractivity contribution < 1.29 is 0 Å². The molecule has 2 N–H and O–H groups in total. The largest absolute Gasteiger partial charge is 0.324 e. The summed E-state index contributed by atoms with van der Waals surface area (Å²) in [5, 5.41) is 0.784. The molecule has 2 fully saturated rings. The predicted molar refractivity (Wildman–Crippen MR) is 89.6 cm³/mol. The average molecular weight is 307 g/mol. The highest BCUT2D eigenvalue weighted by molar-refractivity contribution is 6.30. The van der Waals surface area contributed by atoms with Gasteiger partial charge in [-0.15, -0.1) is 0 Å². The summed E-state index contributed by atoms with van der Waals surface area (Å²) in [5.74, 6) is 0.958. The van der Waals surface area contributed by atoms with Crippen LogP contribution in [0.5, 0.6) is 0 Å². The summed E-state index contributed by atoms with van der Waals surface area (Å²) in [6.45, 7) is 2.42. The summed E-state index contributed by atoms with van der Waals surface area (Å²) in [4.78, 5) is 2.71. The normalized spacial score (nSPS) is 25.5. The van der Waals surface area contributed by atoms with Gasteiger partial charge in [-0.3, -0.25) is 0 Å². The number of hydrogen-bond acceptors (Lipinski definition) is 2. The van der Waals surface area contributed by atoms with Gasteiger partial charge in [0.2, 0.25) is 0 Å². The van der Waals surface area contributed by atoms with Crippen LogP contribution in [0.25, 0.3) is 0 Å². The van der Waals surface area contributed by atoms with Crippen LogP contribution in [0.4, 0.5) is 0 Å². The monoisotopic (exact) mass is 306 g/mol. The first-order chi connectivity index (χ1) is 10.2. The van der Waals surface area contributed by atoms with E-state index < -0.39 is 0 Å². The summed E-state index contributed by atoms with van der Waals surface area (Å²) in [6.07, 6.45) is 9.61. The van der Waals surface area contributed by atoms with Crippen molar-refractivity contribution in [1.82, 2.24) is 4.90 Å². The maximum Gasteiger partial charge on any atom is 0.0406 e. The SMILES string of the molecule is NC(CCN1CCCC1C1CCCC1)c1ccc(Cl)cc1. The minimum Gasteiger partial charge on any atom is -0.324 e. The highest BCUT2D eigenvalue weighted by atomic mass is 35.5. The van der Waals surface area contributed by atoms with Crippen molar-refractivity contribution in [2.45, 2.75) is 57.0 Å². The minimum atomic E-state index is 0.132. The number of benzene rings is 1. The number of likely N-dealkylation sites (tertiary alicyclic amines) is 1. The van der Waals surface area contributed by atoms with Gasteiger partial charge in [0.15, 0.2) is 0 Å². The van der Waals surface area contributed by atoms with Crippen molar-refractivity contribution in [3.63, 3.8) is 0 Å². The molecule has 1 saturated heterocycles. The van der Waals surface area contributed by atoms with E-state index in [2.05, 4.69) is 17.0 Å². The van der Waals surface area contributed by atoms with Crippen LogP contribution in [0.15, 0.2) is 24.3 Å². The predicted octanol–water partition coefficient (Wildman–Crippen LogP) is 4.38. The van der Waals surface area contributed by atoms with E-state index in [1.165, 1.54) is 50.6 Å². The van der Waals surface area contributed by atoms with E-state index in [1.54, 1.807) is 0 Å². The fourth-order valence-corrected chi connectivity index (χ4v) is 4.31. The fraction of sp³-hybridized carbons (Fsp3) is 0.667. The van der Waals surface area contributed by atoms with Crippen LogP contribution < -0.4 is 5.73 Å². The van der Waals surface area contributed by atoms with Crippen LogP contribution in [-0.2, 0) is 0 Å². The van der Waals surface area contributed by atoms with Gasteiger partial charge in [0.1, 0.15) is 0 Å². The Morgan fingerprint density at radius 2 is 1.81 bits per heavy atom. The topological polar surface area (TPSA) is 29.3 Å². The zero-order valence-corrected chi connectivity index (χ0v) is 13.6. The molecular formula is C18H27ClN2. The second-order valence-corrected chi connectivity index (χ2v) is 7.17.